The van der Waals surface area contributed by atoms with Gasteiger partial charge in [0.15, 0.2) is 0 Å². The number of amides is 1. The van der Waals surface area contributed by atoms with Gasteiger partial charge in [0.05, 0.1) is 6.04 Å². The van der Waals surface area contributed by atoms with Crippen LogP contribution in [0.1, 0.15) is 63.4 Å². The van der Waals surface area contributed by atoms with Crippen molar-refractivity contribution in [3.63, 3.8) is 0 Å². The Balaban J connectivity index is 0.00000240. The molecule has 3 rings (SSSR count). The number of benzene rings is 2. The second kappa shape index (κ2) is 15.5. The molecule has 4 nitrogen and oxygen atoms in total. The summed E-state index contributed by atoms with van der Waals surface area (Å²) in [6.07, 6.45) is 10.6. The van der Waals surface area contributed by atoms with E-state index in [4.69, 9.17) is 5.73 Å². The van der Waals surface area contributed by atoms with Crippen LogP contribution in [0.25, 0.3) is 10.8 Å². The summed E-state index contributed by atoms with van der Waals surface area (Å²) in [5.41, 5.74) is 6.86. The fourth-order valence-corrected chi connectivity index (χ4v) is 4.41. The fraction of sp³-hybridized carbons (Fsp3) is 0.560. The number of unbranched alkanes of at least 4 members (excludes halogenated alkanes) is 1. The van der Waals surface area contributed by atoms with Gasteiger partial charge in [0.2, 0.25) is 5.91 Å². The molecule has 1 atom stereocenters. The smallest absolute Gasteiger partial charge is 0.237 e. The number of hydrogen-bond acceptors (Lipinski definition) is 3. The normalized spacial score (nSPS) is 15.0. The van der Waals surface area contributed by atoms with Gasteiger partial charge in [0.25, 0.3) is 0 Å². The molecular weight excluding hydrogens is 429 g/mol. The Morgan fingerprint density at radius 1 is 1.00 bits per heavy atom. The van der Waals surface area contributed by atoms with Gasteiger partial charge in [-0.15, -0.1) is 24.8 Å². The van der Waals surface area contributed by atoms with Crippen LogP contribution < -0.4 is 16.4 Å². The summed E-state index contributed by atoms with van der Waals surface area (Å²) in [7, 11) is 0. The van der Waals surface area contributed by atoms with Crippen molar-refractivity contribution < 1.29 is 4.79 Å². The maximum Gasteiger partial charge on any atom is 0.237 e. The van der Waals surface area contributed by atoms with Crippen LogP contribution in [-0.4, -0.2) is 25.0 Å². The molecule has 2 aromatic carbocycles. The van der Waals surface area contributed by atoms with Gasteiger partial charge in [-0.05, 0) is 54.1 Å². The molecule has 1 amide bonds. The van der Waals surface area contributed by atoms with E-state index in [1.807, 2.05) is 0 Å². The summed E-state index contributed by atoms with van der Waals surface area (Å²) < 4.78 is 0. The van der Waals surface area contributed by atoms with Crippen molar-refractivity contribution in [1.82, 2.24) is 10.6 Å². The second-order valence-corrected chi connectivity index (χ2v) is 8.48. The van der Waals surface area contributed by atoms with E-state index in [9.17, 15) is 4.79 Å². The molecular formula is C25H39Cl2N3O. The van der Waals surface area contributed by atoms with Crippen LogP contribution in [0.5, 0.6) is 0 Å². The first kappa shape index (κ1) is 27.7. The lowest BCUT2D eigenvalue weighted by Gasteiger charge is -2.23. The Labute approximate surface area is 199 Å². The molecule has 1 aliphatic carbocycles. The van der Waals surface area contributed by atoms with Crippen LogP contribution in [-0.2, 0) is 11.3 Å². The SMILES string of the molecule is Cl.Cl.NCCCCC(NCc1ccc2ccccc2c1)C(=O)NCCC1CCCCC1. The van der Waals surface area contributed by atoms with E-state index in [1.54, 1.807) is 0 Å². The number of nitrogens with one attached hydrogen (secondary N) is 2. The molecule has 174 valence electrons. The quantitative estimate of drug-likeness (QED) is 0.389. The van der Waals surface area contributed by atoms with Crippen LogP contribution >= 0.6 is 24.8 Å². The summed E-state index contributed by atoms with van der Waals surface area (Å²) in [4.78, 5) is 12.8. The predicted molar refractivity (Wildman–Crippen MR) is 136 cm³/mol. The minimum atomic E-state index is -0.153. The molecule has 1 fully saturated rings. The zero-order valence-electron chi connectivity index (χ0n) is 18.5. The molecule has 1 aliphatic rings. The number of fused-ring (bicyclic) bond motifs is 1. The van der Waals surface area contributed by atoms with E-state index < -0.39 is 0 Å². The van der Waals surface area contributed by atoms with Gasteiger partial charge in [0, 0.05) is 13.1 Å². The summed E-state index contributed by atoms with van der Waals surface area (Å²) >= 11 is 0. The topological polar surface area (TPSA) is 67.1 Å². The van der Waals surface area contributed by atoms with Gasteiger partial charge in [-0.1, -0.05) is 74.9 Å². The molecule has 31 heavy (non-hydrogen) atoms. The van der Waals surface area contributed by atoms with E-state index in [-0.39, 0.29) is 36.8 Å². The van der Waals surface area contributed by atoms with Gasteiger partial charge in [0.1, 0.15) is 0 Å². The molecule has 0 radical (unpaired) electrons. The van der Waals surface area contributed by atoms with E-state index in [2.05, 4.69) is 53.1 Å². The van der Waals surface area contributed by atoms with Crippen molar-refractivity contribution in [3.05, 3.63) is 48.0 Å². The van der Waals surface area contributed by atoms with Gasteiger partial charge < -0.3 is 16.4 Å². The van der Waals surface area contributed by atoms with Gasteiger partial charge in [-0.3, -0.25) is 4.79 Å². The van der Waals surface area contributed by atoms with Crippen molar-refractivity contribution >= 4 is 41.5 Å². The Morgan fingerprint density at radius 3 is 2.48 bits per heavy atom. The van der Waals surface area contributed by atoms with E-state index in [1.165, 1.54) is 48.4 Å². The zero-order chi connectivity index (χ0) is 20.3. The molecule has 0 spiro atoms. The largest absolute Gasteiger partial charge is 0.355 e. The molecule has 2 aromatic rings. The highest BCUT2D eigenvalue weighted by molar-refractivity contribution is 5.85. The van der Waals surface area contributed by atoms with Crippen molar-refractivity contribution in [2.75, 3.05) is 13.1 Å². The van der Waals surface area contributed by atoms with Gasteiger partial charge >= 0.3 is 0 Å². The van der Waals surface area contributed by atoms with E-state index in [0.717, 1.165) is 38.1 Å². The average Bonchev–Trinajstić information content (AvgIpc) is 2.76. The highest BCUT2D eigenvalue weighted by atomic mass is 35.5. The zero-order valence-corrected chi connectivity index (χ0v) is 20.1. The van der Waals surface area contributed by atoms with Crippen molar-refractivity contribution in [1.29, 1.82) is 0 Å². The first-order valence-corrected chi connectivity index (χ1v) is 11.4. The van der Waals surface area contributed by atoms with E-state index in [0.29, 0.717) is 13.1 Å². The molecule has 1 unspecified atom stereocenters. The molecule has 0 aromatic heterocycles. The maximum atomic E-state index is 12.8. The van der Waals surface area contributed by atoms with Crippen LogP contribution in [0.15, 0.2) is 42.5 Å². The Bertz CT molecular complexity index is 765. The third-order valence-electron chi connectivity index (χ3n) is 6.21. The Hall–Kier alpha value is -1.33. The minimum Gasteiger partial charge on any atom is -0.355 e. The Morgan fingerprint density at radius 2 is 1.74 bits per heavy atom. The van der Waals surface area contributed by atoms with Crippen LogP contribution in [0.4, 0.5) is 0 Å². The lowest BCUT2D eigenvalue weighted by molar-refractivity contribution is -0.123. The molecule has 0 aliphatic heterocycles. The summed E-state index contributed by atoms with van der Waals surface area (Å²) in [5, 5.41) is 9.17. The average molecular weight is 469 g/mol. The summed E-state index contributed by atoms with van der Waals surface area (Å²) in [5.74, 6) is 0.934. The predicted octanol–water partition coefficient (Wildman–Crippen LogP) is 5.36. The first-order valence-electron chi connectivity index (χ1n) is 11.4. The second-order valence-electron chi connectivity index (χ2n) is 8.48. The molecule has 0 saturated heterocycles. The van der Waals surface area contributed by atoms with Gasteiger partial charge in [-0.2, -0.15) is 0 Å². The highest BCUT2D eigenvalue weighted by Crippen LogP contribution is 2.25. The molecule has 4 N–H and O–H groups in total. The van der Waals surface area contributed by atoms with Crippen molar-refractivity contribution in [3.8, 4) is 0 Å². The van der Waals surface area contributed by atoms with Crippen LogP contribution in [0, 0.1) is 5.92 Å². The third-order valence-corrected chi connectivity index (χ3v) is 6.21. The molecule has 0 bridgehead atoms. The lowest BCUT2D eigenvalue weighted by Crippen LogP contribution is -2.44. The molecule has 0 heterocycles. The van der Waals surface area contributed by atoms with Crippen LogP contribution in [0.3, 0.4) is 0 Å². The minimum absolute atomic E-state index is 0. The number of carbonyl (C=O) groups excluding carboxylic acids is 1. The number of hydrogen-bond donors (Lipinski definition) is 3. The van der Waals surface area contributed by atoms with Crippen LogP contribution in [0.2, 0.25) is 0 Å². The number of carbonyl (C=O) groups is 1. The standard InChI is InChI=1S/C25H37N3O.2ClH/c26-16-7-6-12-24(25(29)27-17-15-20-8-2-1-3-9-20)28-19-21-13-14-22-10-4-5-11-23(22)18-21;;/h4-5,10-11,13-14,18,20,24,28H,1-3,6-9,12,15-17,19,26H2,(H,27,29);2*1H. The lowest BCUT2D eigenvalue weighted by atomic mass is 9.87. The maximum absolute atomic E-state index is 12.8. The monoisotopic (exact) mass is 467 g/mol. The summed E-state index contributed by atoms with van der Waals surface area (Å²) in [6.45, 7) is 2.18. The van der Waals surface area contributed by atoms with Gasteiger partial charge in [-0.25, -0.2) is 0 Å². The first-order chi connectivity index (χ1) is 14.3. The van der Waals surface area contributed by atoms with E-state index >= 15 is 0 Å². The number of nitrogens with two attached hydrogens (primary N) is 1. The fourth-order valence-electron chi connectivity index (χ4n) is 4.41. The summed E-state index contributed by atoms with van der Waals surface area (Å²) in [6, 6.07) is 14.7. The van der Waals surface area contributed by atoms with Crippen molar-refractivity contribution in [2.24, 2.45) is 11.7 Å². The van der Waals surface area contributed by atoms with Crippen molar-refractivity contribution in [2.45, 2.75) is 70.4 Å². The molecule has 1 saturated carbocycles. The highest BCUT2D eigenvalue weighted by Gasteiger charge is 2.18. The molecule has 6 heteroatoms. The Kier molecular flexibility index (Phi) is 13.8. The number of halogens is 2. The third kappa shape index (κ3) is 9.36. The number of rotatable bonds is 11.